The van der Waals surface area contributed by atoms with Crippen LogP contribution in [0.2, 0.25) is 0 Å². The van der Waals surface area contributed by atoms with Crippen molar-refractivity contribution in [3.63, 3.8) is 0 Å². The van der Waals surface area contributed by atoms with E-state index in [2.05, 4.69) is 0 Å². The van der Waals surface area contributed by atoms with E-state index in [9.17, 15) is 16.8 Å². The maximum absolute atomic E-state index is 12.3. The molecule has 10 heteroatoms. The highest BCUT2D eigenvalue weighted by atomic mass is 32.2. The molecule has 0 saturated heterocycles. The molecule has 0 fully saturated rings. The van der Waals surface area contributed by atoms with Crippen molar-refractivity contribution in [3.05, 3.63) is 96.1 Å². The van der Waals surface area contributed by atoms with Crippen molar-refractivity contribution < 1.29 is 34.7 Å². The van der Waals surface area contributed by atoms with Gasteiger partial charge in [-0.25, -0.2) is 0 Å². The molecule has 0 saturated carbocycles. The third kappa shape index (κ3) is 5.95. The molecule has 0 N–H and O–H groups in total. The minimum Gasteiger partial charge on any atom is -0.483 e. The monoisotopic (exact) mass is 504 g/mol. The molecule has 180 valence electrons. The lowest BCUT2D eigenvalue weighted by atomic mass is 9.83. The molecule has 3 aromatic carbocycles. The zero-order chi connectivity index (χ0) is 24.3. The fourth-order valence-electron chi connectivity index (χ4n) is 3.89. The van der Waals surface area contributed by atoms with Crippen LogP contribution in [-0.4, -0.2) is 41.6 Å². The molecule has 4 atom stereocenters. The van der Waals surface area contributed by atoms with Crippen LogP contribution < -0.4 is 9.47 Å². The second kappa shape index (κ2) is 9.75. The average molecular weight is 505 g/mol. The number of hydrogen-bond acceptors (Lipinski definition) is 8. The molecule has 0 aliphatic heterocycles. The van der Waals surface area contributed by atoms with Crippen LogP contribution >= 0.6 is 0 Å². The predicted octanol–water partition coefficient (Wildman–Crippen LogP) is 3.63. The van der Waals surface area contributed by atoms with E-state index in [1.165, 1.54) is 0 Å². The van der Waals surface area contributed by atoms with Crippen LogP contribution in [0.1, 0.15) is 23.3 Å². The minimum atomic E-state index is -4.05. The van der Waals surface area contributed by atoms with Crippen molar-refractivity contribution in [1.82, 2.24) is 0 Å². The van der Waals surface area contributed by atoms with Crippen molar-refractivity contribution in [2.75, 3.05) is 12.5 Å². The molecule has 0 amide bonds. The van der Waals surface area contributed by atoms with Gasteiger partial charge in [-0.1, -0.05) is 60.7 Å². The Morgan fingerprint density at radius 1 is 0.529 bits per heavy atom. The summed E-state index contributed by atoms with van der Waals surface area (Å²) < 4.78 is 72.2. The summed E-state index contributed by atoms with van der Waals surface area (Å²) in [5.74, 6) is 0.898. The van der Waals surface area contributed by atoms with Crippen molar-refractivity contribution in [2.24, 2.45) is 0 Å². The van der Waals surface area contributed by atoms with Crippen LogP contribution in [0.4, 0.5) is 0 Å². The molecule has 0 bridgehead atoms. The lowest BCUT2D eigenvalue weighted by molar-refractivity contribution is -0.0771. The first-order chi connectivity index (χ1) is 16.1. The van der Waals surface area contributed by atoms with Crippen LogP contribution in [0.3, 0.4) is 0 Å². The van der Waals surface area contributed by atoms with Crippen molar-refractivity contribution >= 4 is 20.2 Å². The first kappa shape index (κ1) is 24.2. The van der Waals surface area contributed by atoms with Gasteiger partial charge in [0.2, 0.25) is 0 Å². The third-order valence-electron chi connectivity index (χ3n) is 5.11. The Labute approximate surface area is 199 Å². The van der Waals surface area contributed by atoms with E-state index in [0.29, 0.717) is 22.6 Å². The summed E-state index contributed by atoms with van der Waals surface area (Å²) in [4.78, 5) is 0. The maximum atomic E-state index is 12.3. The summed E-state index contributed by atoms with van der Waals surface area (Å²) in [7, 11) is -8.09. The lowest BCUT2D eigenvalue weighted by Gasteiger charge is -2.41. The van der Waals surface area contributed by atoms with E-state index >= 15 is 0 Å². The van der Waals surface area contributed by atoms with Crippen molar-refractivity contribution in [2.45, 2.75) is 24.4 Å². The second-order valence-electron chi connectivity index (χ2n) is 7.86. The van der Waals surface area contributed by atoms with Gasteiger partial charge in [0.1, 0.15) is 23.7 Å². The maximum Gasteiger partial charge on any atom is 0.264 e. The molecule has 0 aromatic heterocycles. The summed E-state index contributed by atoms with van der Waals surface area (Å²) in [6, 6.07) is 24.6. The summed E-state index contributed by atoms with van der Waals surface area (Å²) >= 11 is 0. The minimum absolute atomic E-state index is 0.449. The molecule has 4 rings (SSSR count). The van der Waals surface area contributed by atoms with Crippen LogP contribution in [0, 0.1) is 0 Å². The molecule has 1 aliphatic rings. The molecule has 0 heterocycles. The van der Waals surface area contributed by atoms with Gasteiger partial charge in [0.05, 0.1) is 12.5 Å². The number of fused-ring (bicyclic) bond motifs is 1. The van der Waals surface area contributed by atoms with Gasteiger partial charge in [0, 0.05) is 11.1 Å². The Kier molecular flexibility index (Phi) is 6.94. The normalized spacial score (nSPS) is 22.5. The highest BCUT2D eigenvalue weighted by Crippen LogP contribution is 2.44. The summed E-state index contributed by atoms with van der Waals surface area (Å²) in [5.41, 5.74) is 1.18. The highest BCUT2D eigenvalue weighted by molar-refractivity contribution is 7.86. The van der Waals surface area contributed by atoms with Gasteiger partial charge in [-0.3, -0.25) is 8.37 Å². The summed E-state index contributed by atoms with van der Waals surface area (Å²) in [6.07, 6.45) is -2.97. The Bertz CT molecular complexity index is 1220. The van der Waals surface area contributed by atoms with E-state index in [0.717, 1.165) is 12.5 Å². The van der Waals surface area contributed by atoms with Crippen LogP contribution in [0.5, 0.6) is 11.5 Å². The molecule has 3 aromatic rings. The Morgan fingerprint density at radius 3 is 1.18 bits per heavy atom. The number of para-hydroxylation sites is 2. The quantitative estimate of drug-likeness (QED) is 0.428. The zero-order valence-electron chi connectivity index (χ0n) is 18.5. The molecule has 8 nitrogen and oxygen atoms in total. The topological polar surface area (TPSA) is 105 Å². The van der Waals surface area contributed by atoms with Crippen molar-refractivity contribution in [1.29, 1.82) is 0 Å². The predicted molar refractivity (Wildman–Crippen MR) is 125 cm³/mol. The number of benzene rings is 3. The molecular formula is C24H24O8S2. The van der Waals surface area contributed by atoms with E-state index in [-0.39, 0.29) is 0 Å². The van der Waals surface area contributed by atoms with Gasteiger partial charge in [-0.2, -0.15) is 16.8 Å². The number of rotatable bonds is 8. The summed E-state index contributed by atoms with van der Waals surface area (Å²) in [5, 5.41) is 0. The van der Waals surface area contributed by atoms with E-state index in [1.807, 2.05) is 12.1 Å². The van der Waals surface area contributed by atoms with Gasteiger partial charge in [0.25, 0.3) is 20.2 Å². The van der Waals surface area contributed by atoms with Gasteiger partial charge in [0.15, 0.2) is 12.2 Å². The van der Waals surface area contributed by atoms with Gasteiger partial charge < -0.3 is 9.47 Å². The number of hydrogen-bond donors (Lipinski definition) is 0. The van der Waals surface area contributed by atoms with Crippen LogP contribution in [-0.2, 0) is 28.6 Å². The third-order valence-corrected chi connectivity index (χ3v) is 6.26. The van der Waals surface area contributed by atoms with Gasteiger partial charge in [-0.05, 0) is 24.3 Å². The van der Waals surface area contributed by atoms with Crippen molar-refractivity contribution in [3.8, 4) is 11.5 Å². The molecule has 1 aliphatic carbocycles. The Hall–Kier alpha value is -2.92. The molecule has 0 radical (unpaired) electrons. The summed E-state index contributed by atoms with van der Waals surface area (Å²) in [6.45, 7) is 0. The van der Waals surface area contributed by atoms with Crippen LogP contribution in [0.25, 0.3) is 0 Å². The van der Waals surface area contributed by atoms with Gasteiger partial charge >= 0.3 is 0 Å². The first-order valence-electron chi connectivity index (χ1n) is 10.4. The first-order valence-corrected chi connectivity index (χ1v) is 14.0. The largest absolute Gasteiger partial charge is 0.483 e. The highest BCUT2D eigenvalue weighted by Gasteiger charge is 2.50. The second-order valence-corrected chi connectivity index (χ2v) is 11.1. The standard InChI is InChI=1S/C24H24O8S2/c1-33(25,26)31-23-21(29-17-11-5-3-6-12-17)19-15-9-10-16-20(19)22(24(23)32-34(2,27)28)30-18-13-7-4-8-14-18/h3-16,21-24H,1-2H3/t21-,22-,23+,24+/m0/s1. The molecule has 0 spiro atoms. The van der Waals surface area contributed by atoms with E-state index in [4.69, 9.17) is 17.8 Å². The molecular weight excluding hydrogens is 480 g/mol. The number of ether oxygens (including phenoxy) is 2. The smallest absolute Gasteiger partial charge is 0.264 e. The van der Waals surface area contributed by atoms with Gasteiger partial charge in [-0.15, -0.1) is 0 Å². The molecule has 0 unspecified atom stereocenters. The fraction of sp³-hybridized carbons (Fsp3) is 0.250. The SMILES string of the molecule is CS(=O)(=O)O[C@H]1[C@H](OS(C)(=O)=O)[C@@H](Oc2ccccc2)c2ccccc2[C@@H]1Oc1ccccc1. The Balaban J connectivity index is 1.88. The van der Waals surface area contributed by atoms with E-state index in [1.54, 1.807) is 72.8 Å². The fourth-order valence-corrected chi connectivity index (χ4v) is 5.12. The molecule has 34 heavy (non-hydrogen) atoms. The van der Waals surface area contributed by atoms with Crippen LogP contribution in [0.15, 0.2) is 84.9 Å². The Morgan fingerprint density at radius 2 is 0.853 bits per heavy atom. The van der Waals surface area contributed by atoms with E-state index < -0.39 is 44.7 Å². The zero-order valence-corrected chi connectivity index (χ0v) is 20.1. The lowest BCUT2D eigenvalue weighted by Crippen LogP contribution is -2.49. The average Bonchev–Trinajstić information content (AvgIpc) is 2.78.